The van der Waals surface area contributed by atoms with Gasteiger partial charge in [-0.3, -0.25) is 0 Å². The van der Waals surface area contributed by atoms with Crippen molar-refractivity contribution in [3.8, 4) is 28.1 Å². The molecule has 1 fully saturated rings. The molecule has 1 aliphatic heterocycles. The number of anilines is 1. The molecule has 0 aliphatic carbocycles. The molecule has 50 heavy (non-hydrogen) atoms. The first-order valence-corrected chi connectivity index (χ1v) is 17.1. The van der Waals surface area contributed by atoms with Crippen LogP contribution in [0.25, 0.3) is 28.0 Å². The zero-order chi connectivity index (χ0) is 36.2. The molecule has 9 nitrogen and oxygen atoms in total. The van der Waals surface area contributed by atoms with Crippen LogP contribution in [0.15, 0.2) is 73.8 Å². The van der Waals surface area contributed by atoms with Gasteiger partial charge in [0.2, 0.25) is 0 Å². The second kappa shape index (κ2) is 15.1. The number of methoxy groups -OCH3 is 1. The molecule has 2 atom stereocenters. The first-order chi connectivity index (χ1) is 23.8. The summed E-state index contributed by atoms with van der Waals surface area (Å²) in [5.41, 5.74) is 3.79. The van der Waals surface area contributed by atoms with Gasteiger partial charge in [0.15, 0.2) is 11.8 Å². The normalized spacial score (nSPS) is 15.8. The predicted molar refractivity (Wildman–Crippen MR) is 195 cm³/mol. The molecule has 0 spiro atoms. The molecule has 1 saturated heterocycles. The number of fused-ring (bicyclic) bond motifs is 1. The molecule has 0 unspecified atom stereocenters. The van der Waals surface area contributed by atoms with E-state index >= 15 is 0 Å². The second-order valence-corrected chi connectivity index (χ2v) is 14.1. The van der Waals surface area contributed by atoms with Gasteiger partial charge in [-0.05, 0) is 84.2 Å². The lowest BCUT2D eigenvalue weighted by molar-refractivity contribution is -0.164. The first-order valence-electron chi connectivity index (χ1n) is 17.1. The number of carbonyl (C=O) groups is 1. The van der Waals surface area contributed by atoms with Gasteiger partial charge in [-0.25, -0.2) is 14.2 Å². The Morgan fingerprint density at radius 1 is 1.08 bits per heavy atom. The highest BCUT2D eigenvalue weighted by Gasteiger charge is 2.38. The SMILES string of the molecule is C=CCOC1(C)CCN(c2c([C@H](OC(C)(C)C)C(=O)OC)c(C)nc3cc(-c4cccc(-c5cc(F)ccc5O[C@@H](C)CC=C)c4)nn23)CC1. The Morgan fingerprint density at radius 3 is 2.46 bits per heavy atom. The predicted octanol–water partition coefficient (Wildman–Crippen LogP) is 8.44. The van der Waals surface area contributed by atoms with Crippen LogP contribution >= 0.6 is 0 Å². The van der Waals surface area contributed by atoms with Crippen molar-refractivity contribution in [2.75, 3.05) is 31.7 Å². The standard InChI is InChI=1S/C40H49FN4O5/c1-10-13-26(3)49-33-17-16-30(41)24-31(33)28-14-12-15-29(23-28)32-25-34-42-27(4)35(36(38(46)47-9)50-39(5,6)7)37(45(34)43-32)44-20-18-40(8,19-21-44)48-22-11-2/h10-12,14-17,23-26,36H,1-2,13,18-22H2,3-9H3/t26-,36-/m0/s1. The van der Waals surface area contributed by atoms with Crippen molar-refractivity contribution in [1.29, 1.82) is 0 Å². The minimum absolute atomic E-state index is 0.127. The number of benzene rings is 2. The summed E-state index contributed by atoms with van der Waals surface area (Å²) in [4.78, 5) is 20.6. The number of aryl methyl sites for hydroxylation is 1. The van der Waals surface area contributed by atoms with Gasteiger partial charge in [0.1, 0.15) is 17.4 Å². The van der Waals surface area contributed by atoms with Crippen molar-refractivity contribution in [2.24, 2.45) is 0 Å². The van der Waals surface area contributed by atoms with E-state index in [1.54, 1.807) is 22.7 Å². The minimum Gasteiger partial charge on any atom is -0.490 e. The van der Waals surface area contributed by atoms with Gasteiger partial charge >= 0.3 is 5.97 Å². The van der Waals surface area contributed by atoms with Crippen LogP contribution < -0.4 is 9.64 Å². The molecule has 0 radical (unpaired) electrons. The molecule has 0 amide bonds. The van der Waals surface area contributed by atoms with Crippen LogP contribution in [0.3, 0.4) is 0 Å². The fraction of sp³-hybridized carbons (Fsp3) is 0.425. The van der Waals surface area contributed by atoms with Crippen LogP contribution in [0.5, 0.6) is 5.75 Å². The Labute approximate surface area is 294 Å². The maximum Gasteiger partial charge on any atom is 0.339 e. The Kier molecular flexibility index (Phi) is 11.1. The molecule has 4 aromatic rings. The number of aromatic nitrogens is 3. The summed E-state index contributed by atoms with van der Waals surface area (Å²) in [7, 11) is 1.36. The van der Waals surface area contributed by atoms with Crippen molar-refractivity contribution >= 4 is 17.4 Å². The zero-order valence-electron chi connectivity index (χ0n) is 30.3. The van der Waals surface area contributed by atoms with Crippen LogP contribution in [0.1, 0.15) is 71.2 Å². The monoisotopic (exact) mass is 684 g/mol. The van der Waals surface area contributed by atoms with Gasteiger partial charge in [-0.2, -0.15) is 9.61 Å². The summed E-state index contributed by atoms with van der Waals surface area (Å²) in [6, 6.07) is 14.2. The maximum absolute atomic E-state index is 14.6. The quantitative estimate of drug-likeness (QED) is 0.102. The second-order valence-electron chi connectivity index (χ2n) is 14.1. The van der Waals surface area contributed by atoms with Gasteiger partial charge in [0, 0.05) is 42.4 Å². The number of ether oxygens (including phenoxy) is 4. The first kappa shape index (κ1) is 36.7. The summed E-state index contributed by atoms with van der Waals surface area (Å²) in [6.07, 6.45) is 4.57. The molecule has 266 valence electrons. The topological polar surface area (TPSA) is 87.4 Å². The van der Waals surface area contributed by atoms with Crippen LogP contribution in [-0.4, -0.2) is 64.7 Å². The molecule has 0 N–H and O–H groups in total. The van der Waals surface area contributed by atoms with E-state index in [2.05, 4.69) is 25.0 Å². The molecule has 5 rings (SSSR count). The lowest BCUT2D eigenvalue weighted by Gasteiger charge is -2.41. The third kappa shape index (κ3) is 8.25. The number of esters is 1. The number of hydrogen-bond acceptors (Lipinski definition) is 8. The highest BCUT2D eigenvalue weighted by atomic mass is 19.1. The van der Waals surface area contributed by atoms with E-state index in [4.69, 9.17) is 29.0 Å². The lowest BCUT2D eigenvalue weighted by atomic mass is 9.92. The van der Waals surface area contributed by atoms with Gasteiger partial charge < -0.3 is 23.8 Å². The summed E-state index contributed by atoms with van der Waals surface area (Å²) in [5.74, 6) is 0.428. The van der Waals surface area contributed by atoms with Gasteiger partial charge in [-0.15, -0.1) is 13.2 Å². The molecular weight excluding hydrogens is 635 g/mol. The van der Waals surface area contributed by atoms with Crippen molar-refractivity contribution in [2.45, 2.75) is 84.2 Å². The van der Waals surface area contributed by atoms with E-state index in [-0.39, 0.29) is 17.5 Å². The maximum atomic E-state index is 14.6. The number of nitrogens with zero attached hydrogens (tertiary/aromatic N) is 4. The van der Waals surface area contributed by atoms with E-state index in [1.807, 2.05) is 65.0 Å². The van der Waals surface area contributed by atoms with E-state index in [1.165, 1.54) is 19.2 Å². The summed E-state index contributed by atoms with van der Waals surface area (Å²) < 4.78 is 40.4. The molecule has 2 aromatic carbocycles. The molecule has 2 aromatic heterocycles. The third-order valence-electron chi connectivity index (χ3n) is 8.86. The number of piperidine rings is 1. The molecule has 10 heteroatoms. The summed E-state index contributed by atoms with van der Waals surface area (Å²) in [5, 5.41) is 5.10. The molecule has 1 aliphatic rings. The van der Waals surface area contributed by atoms with Gasteiger partial charge in [-0.1, -0.05) is 30.4 Å². The fourth-order valence-electron chi connectivity index (χ4n) is 6.32. The largest absolute Gasteiger partial charge is 0.490 e. The average molecular weight is 685 g/mol. The fourth-order valence-corrected chi connectivity index (χ4v) is 6.32. The van der Waals surface area contributed by atoms with E-state index in [9.17, 15) is 9.18 Å². The van der Waals surface area contributed by atoms with E-state index in [0.29, 0.717) is 60.0 Å². The smallest absolute Gasteiger partial charge is 0.339 e. The molecular formula is C40H49FN4O5. The lowest BCUT2D eigenvalue weighted by Crippen LogP contribution is -2.45. The number of halogens is 1. The van der Waals surface area contributed by atoms with Crippen molar-refractivity contribution < 1.29 is 28.1 Å². The van der Waals surface area contributed by atoms with Gasteiger partial charge in [0.25, 0.3) is 0 Å². The number of hydrogen-bond donors (Lipinski definition) is 0. The Bertz CT molecular complexity index is 1850. The zero-order valence-corrected chi connectivity index (χ0v) is 30.3. The average Bonchev–Trinajstić information content (AvgIpc) is 3.50. The van der Waals surface area contributed by atoms with Crippen molar-refractivity contribution in [3.05, 3.63) is 90.9 Å². The van der Waals surface area contributed by atoms with Crippen LogP contribution in [-0.2, 0) is 19.0 Å². The molecule has 0 saturated carbocycles. The van der Waals surface area contributed by atoms with Crippen molar-refractivity contribution in [3.63, 3.8) is 0 Å². The highest BCUT2D eigenvalue weighted by molar-refractivity contribution is 5.81. The summed E-state index contributed by atoms with van der Waals surface area (Å²) >= 11 is 0. The Balaban J connectivity index is 1.64. The van der Waals surface area contributed by atoms with Crippen LogP contribution in [0, 0.1) is 12.7 Å². The van der Waals surface area contributed by atoms with Gasteiger partial charge in [0.05, 0.1) is 42.3 Å². The Morgan fingerprint density at radius 2 is 1.80 bits per heavy atom. The van der Waals surface area contributed by atoms with Crippen molar-refractivity contribution in [1.82, 2.24) is 14.6 Å². The van der Waals surface area contributed by atoms with Crippen LogP contribution in [0.2, 0.25) is 0 Å². The number of rotatable bonds is 13. The third-order valence-corrected chi connectivity index (χ3v) is 8.86. The Hall–Kier alpha value is -4.54. The highest BCUT2D eigenvalue weighted by Crippen LogP contribution is 2.39. The van der Waals surface area contributed by atoms with E-state index < -0.39 is 17.7 Å². The summed E-state index contributed by atoms with van der Waals surface area (Å²) in [6.45, 7) is 21.1. The van der Waals surface area contributed by atoms with E-state index in [0.717, 1.165) is 29.8 Å². The minimum atomic E-state index is -1.04. The molecule has 0 bridgehead atoms. The van der Waals surface area contributed by atoms with Crippen LogP contribution in [0.4, 0.5) is 10.2 Å². The number of carbonyl (C=O) groups excluding carboxylic acids is 1. The molecule has 3 heterocycles.